The van der Waals surface area contributed by atoms with Crippen molar-refractivity contribution in [3.63, 3.8) is 0 Å². The van der Waals surface area contributed by atoms with Crippen LogP contribution in [0.5, 0.6) is 0 Å². The Morgan fingerprint density at radius 1 is 1.27 bits per heavy atom. The number of urea groups is 1. The van der Waals surface area contributed by atoms with Crippen LogP contribution in [0.2, 0.25) is 5.54 Å². The fraction of sp³-hybridized carbons (Fsp3) is 0.824. The largest absolute Gasteiger partial charge is 0.487 e. The molecule has 0 aliphatic carbocycles. The van der Waals surface area contributed by atoms with Crippen molar-refractivity contribution in [1.82, 2.24) is 4.57 Å². The maximum absolute atomic E-state index is 12.5. The van der Waals surface area contributed by atoms with Gasteiger partial charge in [-0.05, 0) is 10.8 Å². The number of fused-ring (bicyclic) bond motifs is 1. The van der Waals surface area contributed by atoms with E-state index in [1.165, 1.54) is 15.4 Å². The summed E-state index contributed by atoms with van der Waals surface area (Å²) in [5.74, 6) is -0.206. The van der Waals surface area contributed by atoms with Crippen LogP contribution in [-0.2, 0) is 9.53 Å². The quantitative estimate of drug-likeness (QED) is 0.424. The van der Waals surface area contributed by atoms with Crippen LogP contribution in [0.15, 0.2) is 0 Å². The molecular weight excluding hydrogens is 356 g/mol. The molecule has 4 aliphatic rings. The minimum Gasteiger partial charge on any atom is -0.390 e. The Morgan fingerprint density at radius 2 is 1.85 bits per heavy atom. The number of hydrogen-bond donors (Lipinski definition) is 3. The van der Waals surface area contributed by atoms with E-state index < -0.39 is 56.7 Å². The van der Waals surface area contributed by atoms with Gasteiger partial charge in [0.15, 0.2) is 6.10 Å². The van der Waals surface area contributed by atoms with E-state index in [-0.39, 0.29) is 11.4 Å². The standard InChI is InChI=1S/C17H29N2O6Si/c1-15(2,3)9(20)11-17(24,16(4,5)6)10(21)13(25-11)18-7-8-12(22)19(26-8)14(18)23/h7-11,13,20-21,24H,26H2,1-6H3/q+1/t8?,9?,10-,11-,13-,17+/m1/s1. The lowest BCUT2D eigenvalue weighted by Crippen LogP contribution is -2.66. The van der Waals surface area contributed by atoms with Crippen LogP contribution in [0.3, 0.4) is 0 Å². The zero-order chi connectivity index (χ0) is 19.8. The number of amides is 3. The molecule has 0 spiro atoms. The van der Waals surface area contributed by atoms with E-state index in [1.807, 2.05) is 20.8 Å². The molecule has 0 aromatic heterocycles. The van der Waals surface area contributed by atoms with Crippen molar-refractivity contribution in [2.75, 3.05) is 0 Å². The summed E-state index contributed by atoms with van der Waals surface area (Å²) in [5.41, 5.74) is -3.50. The molecule has 26 heavy (non-hydrogen) atoms. The molecule has 0 radical (unpaired) electrons. The maximum Gasteiger partial charge on any atom is 0.487 e. The van der Waals surface area contributed by atoms with Crippen LogP contribution in [-0.4, -0.2) is 82.4 Å². The fourth-order valence-corrected chi connectivity index (χ4v) is 5.37. The Morgan fingerprint density at radius 3 is 2.27 bits per heavy atom. The van der Waals surface area contributed by atoms with E-state index in [4.69, 9.17) is 4.74 Å². The van der Waals surface area contributed by atoms with Gasteiger partial charge in [-0.2, -0.15) is 9.37 Å². The van der Waals surface area contributed by atoms with Gasteiger partial charge in [0.25, 0.3) is 9.68 Å². The van der Waals surface area contributed by atoms with Crippen LogP contribution in [0.4, 0.5) is 4.79 Å². The van der Waals surface area contributed by atoms with Gasteiger partial charge in [0.1, 0.15) is 17.2 Å². The summed E-state index contributed by atoms with van der Waals surface area (Å²) in [6.07, 6.45) is -3.23. The first-order chi connectivity index (χ1) is 11.7. The zero-order valence-corrected chi connectivity index (χ0v) is 17.5. The third-order valence-electron chi connectivity index (χ3n) is 5.85. The maximum atomic E-state index is 12.5. The minimum absolute atomic E-state index is 0.206. The van der Waals surface area contributed by atoms with Gasteiger partial charge in [0.2, 0.25) is 6.23 Å². The minimum atomic E-state index is -1.78. The van der Waals surface area contributed by atoms with Crippen molar-refractivity contribution in [2.24, 2.45) is 10.8 Å². The van der Waals surface area contributed by atoms with Crippen LogP contribution in [0, 0.1) is 10.8 Å². The van der Waals surface area contributed by atoms with E-state index in [2.05, 4.69) is 0 Å². The number of rotatable bonds is 2. The lowest BCUT2D eigenvalue weighted by atomic mass is 9.66. The molecule has 2 unspecified atom stereocenters. The van der Waals surface area contributed by atoms with Gasteiger partial charge >= 0.3 is 11.9 Å². The SMILES string of the molecule is CC(C)(C)C(O)[C@H]1O[C@@H]([N+]2=CC3[SiH2]N(C3=O)C2=O)[C@@H](O)[C@@]1(O)C(C)(C)C. The van der Waals surface area contributed by atoms with Gasteiger partial charge in [0, 0.05) is 0 Å². The first-order valence-corrected chi connectivity index (χ1v) is 10.4. The predicted molar refractivity (Wildman–Crippen MR) is 95.4 cm³/mol. The molecule has 0 saturated carbocycles. The highest BCUT2D eigenvalue weighted by Gasteiger charge is 2.68. The van der Waals surface area contributed by atoms with Gasteiger partial charge in [-0.1, -0.05) is 41.5 Å². The number of carbonyl (C=O) groups excluding carboxylic acids is 2. The molecule has 2 saturated heterocycles. The second-order valence-electron chi connectivity index (χ2n) is 9.67. The summed E-state index contributed by atoms with van der Waals surface area (Å²) in [6, 6.07) is -0.518. The second-order valence-corrected chi connectivity index (χ2v) is 11.5. The van der Waals surface area contributed by atoms with E-state index in [0.717, 1.165) is 0 Å². The van der Waals surface area contributed by atoms with Crippen molar-refractivity contribution < 1.29 is 34.2 Å². The Balaban J connectivity index is 2.02. The van der Waals surface area contributed by atoms with Crippen molar-refractivity contribution in [2.45, 2.75) is 77.2 Å². The van der Waals surface area contributed by atoms with Crippen LogP contribution in [0.25, 0.3) is 0 Å². The summed E-state index contributed by atoms with van der Waals surface area (Å²) >= 11 is 0. The third-order valence-corrected chi connectivity index (χ3v) is 7.75. The van der Waals surface area contributed by atoms with Gasteiger partial charge in [0.05, 0.1) is 12.3 Å². The molecule has 3 amide bonds. The Hall–Kier alpha value is -1.13. The van der Waals surface area contributed by atoms with Crippen LogP contribution < -0.4 is 0 Å². The molecule has 3 N–H and O–H groups in total. The monoisotopic (exact) mass is 385 g/mol. The van der Waals surface area contributed by atoms with Gasteiger partial charge in [-0.3, -0.25) is 0 Å². The average Bonchev–Trinajstić information content (AvgIpc) is 2.78. The molecule has 6 atom stereocenters. The highest BCUT2D eigenvalue weighted by molar-refractivity contribution is 6.63. The summed E-state index contributed by atoms with van der Waals surface area (Å²) < 4.78 is 8.35. The molecule has 0 aromatic carbocycles. The van der Waals surface area contributed by atoms with Gasteiger partial charge in [-0.15, -0.1) is 0 Å². The number of hydrogen-bond acceptors (Lipinski definition) is 6. The van der Waals surface area contributed by atoms with Crippen LogP contribution >= 0.6 is 0 Å². The Kier molecular flexibility index (Phi) is 4.29. The smallest absolute Gasteiger partial charge is 0.390 e. The van der Waals surface area contributed by atoms with E-state index in [0.29, 0.717) is 0 Å². The predicted octanol–water partition coefficient (Wildman–Crippen LogP) is -0.812. The van der Waals surface area contributed by atoms with Crippen molar-refractivity contribution in [1.29, 1.82) is 0 Å². The molecular formula is C17H29N2O6Si+. The van der Waals surface area contributed by atoms with Gasteiger partial charge in [-0.25, -0.2) is 9.36 Å². The summed E-state index contributed by atoms with van der Waals surface area (Å²) in [6.45, 7) is 10.7. The molecule has 4 heterocycles. The van der Waals surface area contributed by atoms with Crippen LogP contribution in [0.1, 0.15) is 41.5 Å². The number of imide groups is 1. The molecule has 4 rings (SSSR count). The third kappa shape index (κ3) is 2.52. The second kappa shape index (κ2) is 5.68. The molecule has 8 nitrogen and oxygen atoms in total. The van der Waals surface area contributed by atoms with E-state index >= 15 is 0 Å². The van der Waals surface area contributed by atoms with E-state index in [9.17, 15) is 24.9 Å². The number of carbonyl (C=O) groups is 2. The molecule has 146 valence electrons. The van der Waals surface area contributed by atoms with Crippen molar-refractivity contribution in [3.05, 3.63) is 0 Å². The number of aliphatic hydroxyl groups excluding tert-OH is 2. The average molecular weight is 386 g/mol. The summed E-state index contributed by atoms with van der Waals surface area (Å²) in [7, 11) is -0.959. The topological polar surface area (TPSA) is 110 Å². The number of aliphatic hydroxyl groups is 3. The Bertz CT molecular complexity index is 682. The van der Waals surface area contributed by atoms with Crippen molar-refractivity contribution in [3.8, 4) is 0 Å². The number of nitrogens with zero attached hydrogens (tertiary/aromatic N) is 2. The highest BCUT2D eigenvalue weighted by atomic mass is 28.2. The van der Waals surface area contributed by atoms with Crippen molar-refractivity contribution >= 4 is 27.8 Å². The molecule has 2 bridgehead atoms. The zero-order valence-electron chi connectivity index (χ0n) is 16.1. The highest BCUT2D eigenvalue weighted by Crippen LogP contribution is 2.48. The molecule has 2 fully saturated rings. The Labute approximate surface area is 155 Å². The normalized spacial score (nSPS) is 39.9. The molecule has 9 heteroatoms. The van der Waals surface area contributed by atoms with Gasteiger partial charge < -0.3 is 20.1 Å². The lowest BCUT2D eigenvalue weighted by Gasteiger charge is -2.45. The number of ether oxygens (including phenoxy) is 1. The fourth-order valence-electron chi connectivity index (χ4n) is 3.90. The summed E-state index contributed by atoms with van der Waals surface area (Å²) in [4.78, 5) is 24.3. The molecule has 0 aromatic rings. The molecule has 4 aliphatic heterocycles. The first-order valence-electron chi connectivity index (χ1n) is 8.94. The lowest BCUT2D eigenvalue weighted by molar-refractivity contribution is -0.542. The van der Waals surface area contributed by atoms with E-state index in [1.54, 1.807) is 20.8 Å². The summed E-state index contributed by atoms with van der Waals surface area (Å²) in [5, 5.41) is 33.2. The first kappa shape index (κ1) is 19.6.